The van der Waals surface area contributed by atoms with Crippen molar-refractivity contribution in [1.29, 1.82) is 0 Å². The molecule has 0 aliphatic carbocycles. The van der Waals surface area contributed by atoms with Crippen molar-refractivity contribution in [3.63, 3.8) is 0 Å². The van der Waals surface area contributed by atoms with E-state index < -0.39 is 17.6 Å². The van der Waals surface area contributed by atoms with Crippen molar-refractivity contribution in [3.8, 4) is 0 Å². The molecule has 2 aromatic rings. The largest absolute Gasteiger partial charge is 0.520 e. The predicted molar refractivity (Wildman–Crippen MR) is 91.7 cm³/mol. The maximum atomic E-state index is 12.1. The molecule has 7 nitrogen and oxygen atoms in total. The first-order valence-electron chi connectivity index (χ1n) is 7.85. The molecular weight excluding hydrogens is 581 g/mol. The van der Waals surface area contributed by atoms with Crippen LogP contribution in [0, 0.1) is 0 Å². The van der Waals surface area contributed by atoms with E-state index in [1.807, 2.05) is 24.3 Å². The minimum atomic E-state index is -1.15. The number of para-hydroxylation sites is 1. The summed E-state index contributed by atoms with van der Waals surface area (Å²) in [6, 6.07) is 6.28. The van der Waals surface area contributed by atoms with Crippen LogP contribution in [0.15, 0.2) is 30.5 Å². The van der Waals surface area contributed by atoms with E-state index in [4.69, 9.17) is 4.74 Å². The van der Waals surface area contributed by atoms with Crippen LogP contribution in [-0.2, 0) is 32.1 Å². The first-order chi connectivity index (χ1) is 11.7. The first kappa shape index (κ1) is 20.2. The normalized spacial score (nSPS) is 12.1. The van der Waals surface area contributed by atoms with E-state index in [9.17, 15) is 19.5 Å². The third-order valence-electron chi connectivity index (χ3n) is 3.55. The third kappa shape index (κ3) is 4.83. The fourth-order valence-electron chi connectivity index (χ4n) is 2.62. The molecular formula is C18H21FmN2O5-. The molecule has 1 aromatic heterocycles. The van der Waals surface area contributed by atoms with Crippen molar-refractivity contribution in [1.82, 2.24) is 9.88 Å². The van der Waals surface area contributed by atoms with Gasteiger partial charge in [0.2, 0.25) is 0 Å². The molecule has 0 spiro atoms. The van der Waals surface area contributed by atoms with Gasteiger partial charge in [-0.15, -0.1) is 0 Å². The van der Waals surface area contributed by atoms with Crippen LogP contribution in [0.1, 0.15) is 26.3 Å². The van der Waals surface area contributed by atoms with Gasteiger partial charge in [0.05, 0.1) is 0 Å². The number of carboxylic acid groups (broad SMARTS) is 1. The van der Waals surface area contributed by atoms with E-state index in [0.29, 0.717) is 5.56 Å². The number of hydrogen-bond donors (Lipinski definition) is 2. The number of fused-ring (bicyclic) bond motifs is 1. The summed E-state index contributed by atoms with van der Waals surface area (Å²) in [4.78, 5) is 33.9. The van der Waals surface area contributed by atoms with Crippen LogP contribution in [0.5, 0.6) is 0 Å². The van der Waals surface area contributed by atoms with Gasteiger partial charge in [0, 0.05) is 23.5 Å². The number of aliphatic carboxylic acids is 1. The van der Waals surface area contributed by atoms with Crippen LogP contribution in [-0.4, -0.2) is 39.7 Å². The van der Waals surface area contributed by atoms with Gasteiger partial charge in [-0.05, 0) is 32.4 Å². The first-order valence-corrected chi connectivity index (χ1v) is 7.85. The second-order valence-electron chi connectivity index (χ2n) is 6.73. The Morgan fingerprint density at radius 2 is 1.96 bits per heavy atom. The van der Waals surface area contributed by atoms with Gasteiger partial charge < -0.3 is 24.5 Å². The number of ether oxygens (including phenoxy) is 1. The van der Waals surface area contributed by atoms with Gasteiger partial charge in [0.1, 0.15) is 18.2 Å². The van der Waals surface area contributed by atoms with Crippen LogP contribution in [0.2, 0.25) is 0 Å². The number of benzene rings is 1. The fraction of sp³-hybridized carbons (Fsp3) is 0.389. The van der Waals surface area contributed by atoms with Crippen molar-refractivity contribution >= 4 is 29.3 Å². The number of esters is 1. The Bertz CT molecular complexity index is 794. The van der Waals surface area contributed by atoms with Crippen LogP contribution < -0.4 is 5.32 Å². The summed E-state index contributed by atoms with van der Waals surface area (Å²) in [6.45, 7) is 5.40. The Hall–Kier alpha value is -3.83. The second kappa shape index (κ2) is 7.83. The molecule has 0 bridgehead atoms. The molecule has 0 radical (unpaired) electrons. The average molecular weight is 602 g/mol. The molecule has 2 rings (SSSR count). The van der Waals surface area contributed by atoms with Crippen LogP contribution in [0.3, 0.4) is 0 Å². The molecule has 146 valence electrons. The van der Waals surface area contributed by atoms with Gasteiger partial charge in [-0.2, -0.15) is 6.41 Å². The van der Waals surface area contributed by atoms with Crippen LogP contribution >= 0.6 is 0 Å². The summed E-state index contributed by atoms with van der Waals surface area (Å²) in [7, 11) is 0. The molecule has 0 fully saturated rings. The molecule has 1 atom stereocenters. The van der Waals surface area contributed by atoms with Gasteiger partial charge in [0.25, 0.3) is 0 Å². The molecule has 8 heteroatoms. The zero-order valence-electron chi connectivity index (χ0n) is 14.7. The Balaban J connectivity index is 0.00000338. The van der Waals surface area contributed by atoms with Crippen LogP contribution in [0.4, 0.5) is 0 Å². The van der Waals surface area contributed by atoms with Crippen molar-refractivity contribution < 1.29 is 24.2 Å². The molecule has 26 heavy (non-hydrogen) atoms. The monoisotopic (exact) mass is 602 g/mol. The summed E-state index contributed by atoms with van der Waals surface area (Å²) >= 11 is 0. The number of nitrogens with one attached hydrogen (secondary N) is 1. The summed E-state index contributed by atoms with van der Waals surface area (Å²) in [5, 5.41) is 12.2. The van der Waals surface area contributed by atoms with Gasteiger partial charge >= 0.3 is 11.9 Å². The molecule has 0 saturated carbocycles. The van der Waals surface area contributed by atoms with E-state index in [1.165, 1.54) is 6.41 Å². The average Bonchev–Trinajstić information content (AvgIpc) is 2.83. The van der Waals surface area contributed by atoms with Gasteiger partial charge in [-0.3, -0.25) is 9.59 Å². The van der Waals surface area contributed by atoms with Crippen molar-refractivity contribution in [2.75, 3.05) is 0 Å². The van der Waals surface area contributed by atoms with Gasteiger partial charge in [-0.25, -0.2) is 0 Å². The fourth-order valence-corrected chi connectivity index (χ4v) is 2.62. The molecule has 1 aromatic carbocycles. The Morgan fingerprint density at radius 1 is 1.31 bits per heavy atom. The number of carboxylic acids is 1. The zero-order valence-corrected chi connectivity index (χ0v) is 17.1. The third-order valence-corrected chi connectivity index (χ3v) is 3.55. The Morgan fingerprint density at radius 3 is 2.54 bits per heavy atom. The maximum Gasteiger partial charge on any atom is 0.326 e. The van der Waals surface area contributed by atoms with E-state index >= 15 is 0 Å². The number of rotatable bonds is 7. The standard InChI is InChI=1S/C18H21N2O5.Fm/c1-18(2,3)25-16(22)10-20-9-12(8-14(17(23)24)19-11-21)13-6-4-5-7-15(13)20;/h4-7,9,14H,8,10H2,1-3H3,(H,19,21)(H,23,24);/q-1;. The molecule has 0 aliphatic rings. The van der Waals surface area contributed by atoms with E-state index in [0.717, 1.165) is 10.9 Å². The predicted octanol–water partition coefficient (Wildman–Crippen LogP) is 1.64. The molecule has 1 amide bonds. The van der Waals surface area contributed by atoms with E-state index in [-0.39, 0.29) is 18.9 Å². The van der Waals surface area contributed by atoms with Crippen molar-refractivity contribution in [2.45, 2.75) is 45.4 Å². The van der Waals surface area contributed by atoms with Gasteiger partial charge in [0.15, 0.2) is 0 Å². The minimum absolute atomic E-state index is 0. The number of hydrogen-bond acceptors (Lipinski definition) is 4. The van der Waals surface area contributed by atoms with Gasteiger partial charge in [-0.1, -0.05) is 18.2 Å². The molecule has 1 unspecified atom stereocenters. The zero-order chi connectivity index (χ0) is 18.6. The Labute approximate surface area is 145 Å². The molecule has 0 saturated heterocycles. The topological polar surface area (TPSA) is 97.6 Å². The molecule has 0 aliphatic heterocycles. The number of nitrogens with zero attached hydrogens (tertiary/aromatic N) is 1. The van der Waals surface area contributed by atoms with E-state index in [2.05, 4.69) is 5.32 Å². The summed E-state index contributed by atoms with van der Waals surface area (Å²) in [5.74, 6) is -1.53. The quantitative estimate of drug-likeness (QED) is 0.286. The summed E-state index contributed by atoms with van der Waals surface area (Å²) in [5.41, 5.74) is 0.929. The minimum Gasteiger partial charge on any atom is -0.520 e. The number of aromatic nitrogens is 1. The number of carbonyl (C=O) groups excluding carboxylic acids is 2. The van der Waals surface area contributed by atoms with E-state index in [1.54, 1.807) is 31.5 Å². The van der Waals surface area contributed by atoms with Crippen molar-refractivity contribution in [2.24, 2.45) is 0 Å². The van der Waals surface area contributed by atoms with Crippen molar-refractivity contribution in [3.05, 3.63) is 36.0 Å². The number of amides is 1. The smallest absolute Gasteiger partial charge is 0.326 e. The Kier molecular flexibility index (Phi) is 6.09. The summed E-state index contributed by atoms with van der Waals surface area (Å²) < 4.78 is 7.06. The number of carbonyl (C=O) groups is 2. The molecule has 1 heterocycles. The maximum absolute atomic E-state index is 12.1. The summed E-state index contributed by atoms with van der Waals surface area (Å²) in [6.07, 6.45) is 3.23. The van der Waals surface area contributed by atoms with Crippen LogP contribution in [0.25, 0.3) is 10.9 Å². The second-order valence-corrected chi connectivity index (χ2v) is 6.73. The molecule has 2 N–H and O–H groups in total. The SMILES string of the molecule is CC(C)(C)OC(=O)Cn1cc(CC(N[C-]=O)C(=O)O)c2ccccc21.[Fm].